The van der Waals surface area contributed by atoms with Gasteiger partial charge >= 0.3 is 0 Å². The highest BCUT2D eigenvalue weighted by molar-refractivity contribution is 8.00. The van der Waals surface area contributed by atoms with Crippen molar-refractivity contribution in [1.82, 2.24) is 5.32 Å². The maximum atomic E-state index is 12.0. The first-order valence-electron chi connectivity index (χ1n) is 7.49. The second kappa shape index (κ2) is 7.47. The summed E-state index contributed by atoms with van der Waals surface area (Å²) in [6.07, 6.45) is 0. The molecule has 0 bridgehead atoms. The summed E-state index contributed by atoms with van der Waals surface area (Å²) in [7, 11) is 0. The SMILES string of the molecule is Cc1cc(C)c(C)c(SCC(=O)NC(=O)c2ccccc2)c1C. The summed E-state index contributed by atoms with van der Waals surface area (Å²) in [5.41, 5.74) is 5.32. The molecule has 0 atom stereocenters. The van der Waals surface area contributed by atoms with Crippen LogP contribution in [-0.4, -0.2) is 17.6 Å². The minimum atomic E-state index is -0.356. The van der Waals surface area contributed by atoms with Gasteiger partial charge in [-0.2, -0.15) is 0 Å². The van der Waals surface area contributed by atoms with E-state index in [-0.39, 0.29) is 17.6 Å². The lowest BCUT2D eigenvalue weighted by molar-refractivity contribution is -0.117. The van der Waals surface area contributed by atoms with E-state index in [1.807, 2.05) is 6.07 Å². The van der Waals surface area contributed by atoms with Gasteiger partial charge in [0.05, 0.1) is 5.75 Å². The van der Waals surface area contributed by atoms with Gasteiger partial charge in [0.1, 0.15) is 0 Å². The summed E-state index contributed by atoms with van der Waals surface area (Å²) in [5.74, 6) is -0.407. The minimum absolute atomic E-state index is 0.225. The standard InChI is InChI=1S/C19H21NO2S/c1-12-10-13(2)15(4)18(14(12)3)23-11-17(21)20-19(22)16-8-6-5-7-9-16/h5-10H,11H2,1-4H3,(H,20,21,22). The van der Waals surface area contributed by atoms with Crippen LogP contribution < -0.4 is 5.32 Å². The van der Waals surface area contributed by atoms with E-state index >= 15 is 0 Å². The number of nitrogens with one attached hydrogen (secondary N) is 1. The zero-order chi connectivity index (χ0) is 17.0. The van der Waals surface area contributed by atoms with Crippen molar-refractivity contribution in [3.8, 4) is 0 Å². The van der Waals surface area contributed by atoms with Gasteiger partial charge < -0.3 is 0 Å². The summed E-state index contributed by atoms with van der Waals surface area (Å²) in [6.45, 7) is 8.28. The maximum absolute atomic E-state index is 12.0. The topological polar surface area (TPSA) is 46.2 Å². The Morgan fingerprint density at radius 2 is 1.52 bits per heavy atom. The second-order valence-electron chi connectivity index (χ2n) is 5.62. The molecule has 0 saturated carbocycles. The van der Waals surface area contributed by atoms with Crippen LogP contribution in [0.15, 0.2) is 41.3 Å². The molecule has 0 heterocycles. The highest BCUT2D eigenvalue weighted by Gasteiger charge is 2.13. The zero-order valence-electron chi connectivity index (χ0n) is 13.9. The largest absolute Gasteiger partial charge is 0.292 e. The first kappa shape index (κ1) is 17.3. The summed E-state index contributed by atoms with van der Waals surface area (Å²) in [5, 5.41) is 2.44. The number of hydrogen-bond donors (Lipinski definition) is 1. The minimum Gasteiger partial charge on any atom is -0.292 e. The number of hydrogen-bond acceptors (Lipinski definition) is 3. The summed E-state index contributed by atoms with van der Waals surface area (Å²) in [4.78, 5) is 25.1. The van der Waals surface area contributed by atoms with E-state index in [2.05, 4.69) is 39.1 Å². The van der Waals surface area contributed by atoms with Crippen LogP contribution in [0.4, 0.5) is 0 Å². The maximum Gasteiger partial charge on any atom is 0.257 e. The van der Waals surface area contributed by atoms with Crippen molar-refractivity contribution in [2.75, 3.05) is 5.75 Å². The molecule has 2 aromatic carbocycles. The molecule has 0 aliphatic heterocycles. The highest BCUT2D eigenvalue weighted by Crippen LogP contribution is 2.30. The van der Waals surface area contributed by atoms with Crippen LogP contribution in [0.3, 0.4) is 0 Å². The van der Waals surface area contributed by atoms with Gasteiger partial charge in [0, 0.05) is 10.5 Å². The number of carbonyl (C=O) groups excluding carboxylic acids is 2. The van der Waals surface area contributed by atoms with Gasteiger partial charge in [-0.1, -0.05) is 24.3 Å². The van der Waals surface area contributed by atoms with Crippen molar-refractivity contribution >= 4 is 23.6 Å². The summed E-state index contributed by atoms with van der Waals surface area (Å²) >= 11 is 1.48. The average Bonchev–Trinajstić information content (AvgIpc) is 2.53. The molecular weight excluding hydrogens is 306 g/mol. The first-order valence-corrected chi connectivity index (χ1v) is 8.48. The predicted octanol–water partition coefficient (Wildman–Crippen LogP) is 3.97. The number of amides is 2. The van der Waals surface area contributed by atoms with E-state index in [1.54, 1.807) is 24.3 Å². The van der Waals surface area contributed by atoms with Gasteiger partial charge in [-0.25, -0.2) is 0 Å². The summed E-state index contributed by atoms with van der Waals surface area (Å²) < 4.78 is 0. The van der Waals surface area contributed by atoms with Crippen molar-refractivity contribution in [3.63, 3.8) is 0 Å². The lowest BCUT2D eigenvalue weighted by Crippen LogP contribution is -2.31. The van der Waals surface area contributed by atoms with Crippen molar-refractivity contribution in [3.05, 3.63) is 64.2 Å². The van der Waals surface area contributed by atoms with Gasteiger partial charge in [-0.05, 0) is 62.1 Å². The molecule has 0 spiro atoms. The van der Waals surface area contributed by atoms with Crippen molar-refractivity contribution < 1.29 is 9.59 Å². The molecule has 23 heavy (non-hydrogen) atoms. The second-order valence-corrected chi connectivity index (χ2v) is 6.61. The van der Waals surface area contributed by atoms with E-state index < -0.39 is 0 Å². The molecule has 0 unspecified atom stereocenters. The molecule has 0 aliphatic carbocycles. The number of thioether (sulfide) groups is 1. The number of aryl methyl sites for hydroxylation is 2. The van der Waals surface area contributed by atoms with Crippen LogP contribution in [0.1, 0.15) is 32.6 Å². The molecule has 2 rings (SSSR count). The number of imide groups is 1. The van der Waals surface area contributed by atoms with E-state index in [0.29, 0.717) is 5.56 Å². The first-order chi connectivity index (χ1) is 10.9. The zero-order valence-corrected chi connectivity index (χ0v) is 14.7. The highest BCUT2D eigenvalue weighted by atomic mass is 32.2. The van der Waals surface area contributed by atoms with Gasteiger partial charge in [0.25, 0.3) is 5.91 Å². The van der Waals surface area contributed by atoms with Gasteiger partial charge in [-0.3, -0.25) is 14.9 Å². The molecule has 2 amide bonds. The molecule has 0 aliphatic rings. The van der Waals surface area contributed by atoms with Crippen LogP contribution >= 0.6 is 11.8 Å². The van der Waals surface area contributed by atoms with E-state index in [0.717, 1.165) is 4.90 Å². The Bertz CT molecular complexity index is 713. The average molecular weight is 327 g/mol. The molecule has 0 radical (unpaired) electrons. The number of benzene rings is 2. The van der Waals surface area contributed by atoms with E-state index in [9.17, 15) is 9.59 Å². The predicted molar refractivity (Wildman–Crippen MR) is 95.0 cm³/mol. The van der Waals surface area contributed by atoms with Crippen molar-refractivity contribution in [1.29, 1.82) is 0 Å². The molecule has 0 fully saturated rings. The molecule has 2 aromatic rings. The van der Waals surface area contributed by atoms with E-state index in [4.69, 9.17) is 0 Å². The Morgan fingerprint density at radius 3 is 2.09 bits per heavy atom. The van der Waals surface area contributed by atoms with Crippen LogP contribution in [0.2, 0.25) is 0 Å². The monoisotopic (exact) mass is 327 g/mol. The number of rotatable bonds is 4. The smallest absolute Gasteiger partial charge is 0.257 e. The molecule has 0 aromatic heterocycles. The van der Waals surface area contributed by atoms with Gasteiger partial charge in [0.2, 0.25) is 5.91 Å². The Kier molecular flexibility index (Phi) is 5.61. The third-order valence-electron chi connectivity index (χ3n) is 3.93. The lowest BCUT2D eigenvalue weighted by Gasteiger charge is -2.14. The Morgan fingerprint density at radius 1 is 0.957 bits per heavy atom. The normalized spacial score (nSPS) is 10.4. The van der Waals surface area contributed by atoms with Gasteiger partial charge in [0.15, 0.2) is 0 Å². The van der Waals surface area contributed by atoms with Crippen molar-refractivity contribution in [2.24, 2.45) is 0 Å². The fourth-order valence-electron chi connectivity index (χ4n) is 2.36. The molecule has 4 heteroatoms. The van der Waals surface area contributed by atoms with Crippen LogP contribution in [-0.2, 0) is 4.79 Å². The van der Waals surface area contributed by atoms with Crippen LogP contribution in [0.25, 0.3) is 0 Å². The molecule has 0 saturated heterocycles. The third-order valence-corrected chi connectivity index (χ3v) is 5.24. The number of carbonyl (C=O) groups is 2. The quantitative estimate of drug-likeness (QED) is 0.864. The van der Waals surface area contributed by atoms with Crippen LogP contribution in [0.5, 0.6) is 0 Å². The fraction of sp³-hybridized carbons (Fsp3) is 0.263. The molecular formula is C19H21NO2S. The lowest BCUT2D eigenvalue weighted by atomic mass is 10.0. The van der Waals surface area contributed by atoms with Crippen molar-refractivity contribution in [2.45, 2.75) is 32.6 Å². The van der Waals surface area contributed by atoms with Gasteiger partial charge in [-0.15, -0.1) is 11.8 Å². The van der Waals surface area contributed by atoms with Crippen LogP contribution in [0, 0.1) is 27.7 Å². The van der Waals surface area contributed by atoms with E-state index in [1.165, 1.54) is 34.0 Å². The fourth-order valence-corrected chi connectivity index (χ4v) is 3.46. The molecule has 120 valence electrons. The molecule has 1 N–H and O–H groups in total. The Labute approximate surface area is 141 Å². The molecule has 3 nitrogen and oxygen atoms in total. The third kappa shape index (κ3) is 4.23. The Balaban J connectivity index is 2.02. The Hall–Kier alpha value is -2.07. The summed E-state index contributed by atoms with van der Waals surface area (Å²) in [6, 6.07) is 10.9.